The maximum Gasteiger partial charge on any atom is 0.0597 e. The largest absolute Gasteiger partial charge is 0.393 e. The van der Waals surface area contributed by atoms with E-state index in [1.165, 1.54) is 38.8 Å². The summed E-state index contributed by atoms with van der Waals surface area (Å²) in [6, 6.07) is 0.672. The minimum absolute atomic E-state index is 0.00295. The van der Waals surface area contributed by atoms with E-state index in [2.05, 4.69) is 18.7 Å². The normalized spacial score (nSPS) is 33.0. The Hall–Kier alpha value is -0.0800. The SMILES string of the molecule is CC(C)N1CCC2(CCCC2O)CC1. The average molecular weight is 197 g/mol. The molecule has 0 amide bonds. The zero-order valence-electron chi connectivity index (χ0n) is 9.50. The van der Waals surface area contributed by atoms with Crippen LogP contribution in [0.2, 0.25) is 0 Å². The van der Waals surface area contributed by atoms with E-state index < -0.39 is 0 Å². The quantitative estimate of drug-likeness (QED) is 0.695. The number of hydrogen-bond acceptors (Lipinski definition) is 2. The van der Waals surface area contributed by atoms with Gasteiger partial charge in [-0.1, -0.05) is 6.42 Å². The third-order valence-electron chi connectivity index (χ3n) is 4.38. The Morgan fingerprint density at radius 3 is 2.29 bits per heavy atom. The lowest BCUT2D eigenvalue weighted by Gasteiger charge is -2.43. The summed E-state index contributed by atoms with van der Waals surface area (Å²) in [4.78, 5) is 2.54. The Morgan fingerprint density at radius 2 is 1.86 bits per heavy atom. The van der Waals surface area contributed by atoms with E-state index in [1.54, 1.807) is 0 Å². The number of piperidine rings is 1. The van der Waals surface area contributed by atoms with Gasteiger partial charge < -0.3 is 10.0 Å². The first-order valence-electron chi connectivity index (χ1n) is 6.06. The molecule has 0 aromatic carbocycles. The number of likely N-dealkylation sites (tertiary alicyclic amines) is 1. The number of aliphatic hydroxyl groups is 1. The molecule has 1 unspecified atom stereocenters. The van der Waals surface area contributed by atoms with Crippen LogP contribution >= 0.6 is 0 Å². The fraction of sp³-hybridized carbons (Fsp3) is 1.00. The molecular formula is C12H23NO. The number of rotatable bonds is 1. The van der Waals surface area contributed by atoms with Gasteiger partial charge in [0.25, 0.3) is 0 Å². The van der Waals surface area contributed by atoms with Gasteiger partial charge in [-0.15, -0.1) is 0 Å². The van der Waals surface area contributed by atoms with Crippen molar-refractivity contribution in [1.29, 1.82) is 0 Å². The van der Waals surface area contributed by atoms with Gasteiger partial charge in [-0.05, 0) is 58.0 Å². The summed E-state index contributed by atoms with van der Waals surface area (Å²) in [5.41, 5.74) is 0.311. The van der Waals surface area contributed by atoms with E-state index in [-0.39, 0.29) is 6.10 Å². The standard InChI is InChI=1S/C12H23NO/c1-10(2)13-8-6-12(7-9-13)5-3-4-11(12)14/h10-11,14H,3-9H2,1-2H3. The zero-order chi connectivity index (χ0) is 10.2. The van der Waals surface area contributed by atoms with Crippen LogP contribution in [-0.4, -0.2) is 35.2 Å². The highest BCUT2D eigenvalue weighted by Gasteiger charge is 2.43. The molecule has 82 valence electrons. The lowest BCUT2D eigenvalue weighted by Crippen LogP contribution is -2.46. The lowest BCUT2D eigenvalue weighted by atomic mass is 9.75. The summed E-state index contributed by atoms with van der Waals surface area (Å²) in [5.74, 6) is 0. The van der Waals surface area contributed by atoms with E-state index in [0.29, 0.717) is 11.5 Å². The van der Waals surface area contributed by atoms with Crippen molar-refractivity contribution in [1.82, 2.24) is 4.90 Å². The molecule has 2 aliphatic rings. The molecule has 1 aliphatic heterocycles. The van der Waals surface area contributed by atoms with Crippen LogP contribution in [0.4, 0.5) is 0 Å². The van der Waals surface area contributed by atoms with Gasteiger partial charge in [0.15, 0.2) is 0 Å². The van der Waals surface area contributed by atoms with Gasteiger partial charge in [-0.2, -0.15) is 0 Å². The maximum absolute atomic E-state index is 10.0. The predicted octanol–water partition coefficient (Wildman–Crippen LogP) is 2.02. The van der Waals surface area contributed by atoms with Gasteiger partial charge in [0.05, 0.1) is 6.10 Å². The van der Waals surface area contributed by atoms with E-state index in [9.17, 15) is 5.11 Å². The first-order chi connectivity index (χ1) is 6.64. The minimum Gasteiger partial charge on any atom is -0.393 e. The van der Waals surface area contributed by atoms with E-state index in [1.807, 2.05) is 0 Å². The first kappa shape index (κ1) is 10.4. The van der Waals surface area contributed by atoms with Crippen molar-refractivity contribution in [3.05, 3.63) is 0 Å². The van der Waals surface area contributed by atoms with Crippen molar-refractivity contribution < 1.29 is 5.11 Å². The molecule has 1 aliphatic carbocycles. The zero-order valence-corrected chi connectivity index (χ0v) is 9.50. The van der Waals surface area contributed by atoms with Gasteiger partial charge in [0.2, 0.25) is 0 Å². The van der Waals surface area contributed by atoms with Crippen LogP contribution < -0.4 is 0 Å². The van der Waals surface area contributed by atoms with Crippen molar-refractivity contribution in [2.75, 3.05) is 13.1 Å². The molecule has 14 heavy (non-hydrogen) atoms. The summed E-state index contributed by atoms with van der Waals surface area (Å²) >= 11 is 0. The fourth-order valence-corrected chi connectivity index (χ4v) is 3.19. The summed E-state index contributed by atoms with van der Waals surface area (Å²) in [5, 5.41) is 10.0. The predicted molar refractivity (Wildman–Crippen MR) is 58.2 cm³/mol. The summed E-state index contributed by atoms with van der Waals surface area (Å²) in [6.07, 6.45) is 5.97. The second-order valence-electron chi connectivity index (χ2n) is 5.40. The van der Waals surface area contributed by atoms with Crippen molar-refractivity contribution in [3.8, 4) is 0 Å². The van der Waals surface area contributed by atoms with E-state index in [4.69, 9.17) is 0 Å². The van der Waals surface area contributed by atoms with Crippen LogP contribution in [0, 0.1) is 5.41 Å². The Bertz CT molecular complexity index is 194. The third-order valence-corrected chi connectivity index (χ3v) is 4.38. The molecule has 1 heterocycles. The third kappa shape index (κ3) is 1.70. The Labute approximate surface area is 87.3 Å². The highest BCUT2D eigenvalue weighted by atomic mass is 16.3. The molecule has 0 aromatic rings. The molecule has 1 spiro atoms. The Morgan fingerprint density at radius 1 is 1.21 bits per heavy atom. The average Bonchev–Trinajstić information content (AvgIpc) is 2.49. The van der Waals surface area contributed by atoms with Crippen LogP contribution in [0.1, 0.15) is 46.0 Å². The van der Waals surface area contributed by atoms with Gasteiger partial charge >= 0.3 is 0 Å². The van der Waals surface area contributed by atoms with Crippen molar-refractivity contribution in [2.45, 2.75) is 58.1 Å². The highest BCUT2D eigenvalue weighted by molar-refractivity contribution is 4.96. The second-order valence-corrected chi connectivity index (χ2v) is 5.40. The molecule has 2 fully saturated rings. The molecule has 1 saturated heterocycles. The van der Waals surface area contributed by atoms with Crippen LogP contribution in [0.3, 0.4) is 0 Å². The Balaban J connectivity index is 1.94. The fourth-order valence-electron chi connectivity index (χ4n) is 3.19. The monoisotopic (exact) mass is 197 g/mol. The summed E-state index contributed by atoms with van der Waals surface area (Å²) in [7, 11) is 0. The first-order valence-corrected chi connectivity index (χ1v) is 6.06. The number of aliphatic hydroxyl groups excluding tert-OH is 1. The van der Waals surface area contributed by atoms with E-state index >= 15 is 0 Å². The smallest absolute Gasteiger partial charge is 0.0597 e. The molecule has 1 saturated carbocycles. The van der Waals surface area contributed by atoms with Crippen LogP contribution in [0.25, 0.3) is 0 Å². The number of hydrogen-bond donors (Lipinski definition) is 1. The number of nitrogens with zero attached hydrogens (tertiary/aromatic N) is 1. The van der Waals surface area contributed by atoms with E-state index in [0.717, 1.165) is 6.42 Å². The molecule has 1 N–H and O–H groups in total. The summed E-state index contributed by atoms with van der Waals surface area (Å²) < 4.78 is 0. The summed E-state index contributed by atoms with van der Waals surface area (Å²) in [6.45, 7) is 6.91. The topological polar surface area (TPSA) is 23.5 Å². The highest BCUT2D eigenvalue weighted by Crippen LogP contribution is 2.46. The molecular weight excluding hydrogens is 174 g/mol. The van der Waals surface area contributed by atoms with Crippen LogP contribution in [0.5, 0.6) is 0 Å². The van der Waals surface area contributed by atoms with Crippen molar-refractivity contribution >= 4 is 0 Å². The maximum atomic E-state index is 10.0. The van der Waals surface area contributed by atoms with Crippen LogP contribution in [0.15, 0.2) is 0 Å². The molecule has 2 heteroatoms. The second kappa shape index (κ2) is 3.82. The van der Waals surface area contributed by atoms with Gasteiger partial charge in [-0.25, -0.2) is 0 Å². The van der Waals surface area contributed by atoms with Gasteiger partial charge in [0.1, 0.15) is 0 Å². The van der Waals surface area contributed by atoms with Crippen molar-refractivity contribution in [2.24, 2.45) is 5.41 Å². The minimum atomic E-state index is -0.00295. The Kier molecular flexibility index (Phi) is 2.85. The molecule has 1 atom stereocenters. The molecule has 0 bridgehead atoms. The molecule has 0 aromatic heterocycles. The molecule has 2 nitrogen and oxygen atoms in total. The van der Waals surface area contributed by atoms with Gasteiger partial charge in [0, 0.05) is 6.04 Å². The van der Waals surface area contributed by atoms with Crippen molar-refractivity contribution in [3.63, 3.8) is 0 Å². The van der Waals surface area contributed by atoms with Gasteiger partial charge in [-0.3, -0.25) is 0 Å². The molecule has 2 rings (SSSR count). The lowest BCUT2D eigenvalue weighted by molar-refractivity contribution is -0.00723. The molecule has 0 radical (unpaired) electrons. The van der Waals surface area contributed by atoms with Crippen LogP contribution in [-0.2, 0) is 0 Å².